The maximum absolute atomic E-state index is 12.8. The number of carbonyl (C=O) groups excluding carboxylic acids is 1. The number of para-hydroxylation sites is 1. The highest BCUT2D eigenvalue weighted by atomic mass is 32.2. The number of thioether (sulfide) groups is 1. The molecule has 2 rings (SSSR count). The van der Waals surface area contributed by atoms with Gasteiger partial charge < -0.3 is 10.1 Å². The molecule has 0 bridgehead atoms. The van der Waals surface area contributed by atoms with E-state index >= 15 is 0 Å². The second-order valence-electron chi connectivity index (χ2n) is 5.36. The number of sulfonamides is 1. The molecule has 0 heterocycles. The lowest BCUT2D eigenvalue weighted by molar-refractivity contribution is -0.116. The van der Waals surface area contributed by atoms with Crippen LogP contribution in [-0.4, -0.2) is 45.1 Å². The number of hydrogen-bond donors (Lipinski definition) is 1. The maximum atomic E-state index is 12.8. The minimum absolute atomic E-state index is 0.123. The molecule has 0 atom stereocenters. The lowest BCUT2D eigenvalue weighted by Crippen LogP contribution is -2.37. The molecule has 2 aromatic rings. The third-order valence-electron chi connectivity index (χ3n) is 3.75. The molecule has 6 nitrogen and oxygen atoms in total. The molecular formula is C18H22N2O4S2. The normalized spacial score (nSPS) is 11.4. The standard InChI is InChI=1S/C18H22N2O4S2/c1-4-20(26(22,23)15-11-9-14(24-2)10-12-15)13-18(21)19-16-7-5-6-8-17(16)25-3/h5-12H,4,13H2,1-3H3,(H,19,21). The Balaban J connectivity index is 2.15. The Hall–Kier alpha value is -2.03. The van der Waals surface area contributed by atoms with E-state index in [0.717, 1.165) is 9.20 Å². The average molecular weight is 395 g/mol. The molecule has 1 amide bonds. The first-order valence-electron chi connectivity index (χ1n) is 7.99. The largest absolute Gasteiger partial charge is 0.497 e. The molecule has 0 saturated heterocycles. The van der Waals surface area contributed by atoms with E-state index in [4.69, 9.17) is 4.74 Å². The van der Waals surface area contributed by atoms with Gasteiger partial charge in [0, 0.05) is 11.4 Å². The molecular weight excluding hydrogens is 372 g/mol. The topological polar surface area (TPSA) is 75.7 Å². The fourth-order valence-electron chi connectivity index (χ4n) is 2.36. The first-order chi connectivity index (χ1) is 12.4. The zero-order valence-electron chi connectivity index (χ0n) is 14.9. The van der Waals surface area contributed by atoms with Gasteiger partial charge in [-0.15, -0.1) is 11.8 Å². The van der Waals surface area contributed by atoms with Crippen LogP contribution in [0.15, 0.2) is 58.3 Å². The zero-order valence-corrected chi connectivity index (χ0v) is 16.6. The van der Waals surface area contributed by atoms with E-state index in [9.17, 15) is 13.2 Å². The Kier molecular flexibility index (Phi) is 7.07. The Bertz CT molecular complexity index is 852. The molecule has 0 saturated carbocycles. The summed E-state index contributed by atoms with van der Waals surface area (Å²) in [6.45, 7) is 1.63. The molecule has 0 aliphatic rings. The van der Waals surface area contributed by atoms with E-state index in [1.807, 2.05) is 24.5 Å². The minimum atomic E-state index is -3.77. The van der Waals surface area contributed by atoms with Gasteiger partial charge in [-0.1, -0.05) is 19.1 Å². The lowest BCUT2D eigenvalue weighted by Gasteiger charge is -2.20. The van der Waals surface area contributed by atoms with Crippen molar-refractivity contribution in [3.8, 4) is 5.75 Å². The van der Waals surface area contributed by atoms with Crippen molar-refractivity contribution >= 4 is 33.4 Å². The molecule has 0 spiro atoms. The predicted molar refractivity (Wildman–Crippen MR) is 104 cm³/mol. The second-order valence-corrected chi connectivity index (χ2v) is 8.14. The van der Waals surface area contributed by atoms with Gasteiger partial charge in [-0.25, -0.2) is 8.42 Å². The molecule has 0 aliphatic carbocycles. The van der Waals surface area contributed by atoms with E-state index in [-0.39, 0.29) is 23.9 Å². The van der Waals surface area contributed by atoms with Crippen LogP contribution in [0.25, 0.3) is 0 Å². The average Bonchev–Trinajstić information content (AvgIpc) is 2.66. The number of nitrogens with one attached hydrogen (secondary N) is 1. The summed E-state index contributed by atoms with van der Waals surface area (Å²) in [4.78, 5) is 13.4. The van der Waals surface area contributed by atoms with Crippen molar-refractivity contribution in [2.24, 2.45) is 0 Å². The predicted octanol–water partition coefficient (Wildman–Crippen LogP) is 3.07. The van der Waals surface area contributed by atoms with Crippen LogP contribution in [0, 0.1) is 0 Å². The number of amides is 1. The highest BCUT2D eigenvalue weighted by Gasteiger charge is 2.25. The fourth-order valence-corrected chi connectivity index (χ4v) is 4.32. The van der Waals surface area contributed by atoms with Gasteiger partial charge in [-0.05, 0) is 42.7 Å². The number of rotatable bonds is 8. The molecule has 140 valence electrons. The molecule has 0 aliphatic heterocycles. The fraction of sp³-hybridized carbons (Fsp3) is 0.278. The van der Waals surface area contributed by atoms with Crippen molar-refractivity contribution in [3.63, 3.8) is 0 Å². The van der Waals surface area contributed by atoms with Crippen LogP contribution in [0.5, 0.6) is 5.75 Å². The lowest BCUT2D eigenvalue weighted by atomic mass is 10.3. The van der Waals surface area contributed by atoms with Crippen molar-refractivity contribution in [3.05, 3.63) is 48.5 Å². The van der Waals surface area contributed by atoms with E-state index in [1.54, 1.807) is 25.1 Å². The molecule has 26 heavy (non-hydrogen) atoms. The van der Waals surface area contributed by atoms with Crippen molar-refractivity contribution in [1.82, 2.24) is 4.31 Å². The van der Waals surface area contributed by atoms with Crippen LogP contribution in [0.2, 0.25) is 0 Å². The number of carbonyl (C=O) groups is 1. The minimum Gasteiger partial charge on any atom is -0.497 e. The Morgan fingerprint density at radius 2 is 1.81 bits per heavy atom. The highest BCUT2D eigenvalue weighted by Crippen LogP contribution is 2.25. The Morgan fingerprint density at radius 3 is 2.38 bits per heavy atom. The second kappa shape index (κ2) is 9.07. The molecule has 2 aromatic carbocycles. The smallest absolute Gasteiger partial charge is 0.243 e. The quantitative estimate of drug-likeness (QED) is 0.697. The summed E-state index contributed by atoms with van der Waals surface area (Å²) in [5, 5.41) is 2.78. The van der Waals surface area contributed by atoms with E-state index in [2.05, 4.69) is 5.32 Å². The van der Waals surface area contributed by atoms with Gasteiger partial charge in [-0.2, -0.15) is 4.31 Å². The summed E-state index contributed by atoms with van der Waals surface area (Å²) in [6, 6.07) is 13.5. The summed E-state index contributed by atoms with van der Waals surface area (Å²) in [7, 11) is -2.25. The number of nitrogens with zero attached hydrogens (tertiary/aromatic N) is 1. The first kappa shape index (κ1) is 20.3. The Morgan fingerprint density at radius 1 is 1.15 bits per heavy atom. The third-order valence-corrected chi connectivity index (χ3v) is 6.48. The Labute approximate surface area is 158 Å². The van der Waals surface area contributed by atoms with E-state index in [0.29, 0.717) is 11.4 Å². The summed E-state index contributed by atoms with van der Waals surface area (Å²) in [6.07, 6.45) is 1.91. The van der Waals surface area contributed by atoms with Gasteiger partial charge in [0.05, 0.1) is 24.2 Å². The van der Waals surface area contributed by atoms with Gasteiger partial charge in [-0.3, -0.25) is 4.79 Å². The highest BCUT2D eigenvalue weighted by molar-refractivity contribution is 7.98. The first-order valence-corrected chi connectivity index (χ1v) is 10.7. The zero-order chi connectivity index (χ0) is 19.2. The summed E-state index contributed by atoms with van der Waals surface area (Å²) >= 11 is 1.51. The number of benzene rings is 2. The summed E-state index contributed by atoms with van der Waals surface area (Å²) in [5.74, 6) is 0.184. The van der Waals surface area contributed by atoms with Crippen LogP contribution in [0.1, 0.15) is 6.92 Å². The number of methoxy groups -OCH3 is 1. The van der Waals surface area contributed by atoms with E-state index in [1.165, 1.54) is 31.0 Å². The van der Waals surface area contributed by atoms with Gasteiger partial charge in [0.1, 0.15) is 5.75 Å². The number of hydrogen-bond acceptors (Lipinski definition) is 5. The molecule has 0 radical (unpaired) electrons. The molecule has 0 fully saturated rings. The van der Waals surface area contributed by atoms with E-state index < -0.39 is 10.0 Å². The number of likely N-dealkylation sites (N-methyl/N-ethyl adjacent to an activating group) is 1. The third kappa shape index (κ3) is 4.78. The summed E-state index contributed by atoms with van der Waals surface area (Å²) < 4.78 is 31.7. The maximum Gasteiger partial charge on any atom is 0.243 e. The number of ether oxygens (including phenoxy) is 1. The van der Waals surface area contributed by atoms with Gasteiger partial charge in [0.15, 0.2) is 0 Å². The van der Waals surface area contributed by atoms with Crippen molar-refractivity contribution in [1.29, 1.82) is 0 Å². The van der Waals surface area contributed by atoms with Crippen molar-refractivity contribution < 1.29 is 17.9 Å². The molecule has 0 unspecified atom stereocenters. The van der Waals surface area contributed by atoms with Crippen LogP contribution >= 0.6 is 11.8 Å². The van der Waals surface area contributed by atoms with Gasteiger partial charge >= 0.3 is 0 Å². The molecule has 1 N–H and O–H groups in total. The SMILES string of the molecule is CCN(CC(=O)Nc1ccccc1SC)S(=O)(=O)c1ccc(OC)cc1. The van der Waals surface area contributed by atoms with Gasteiger partial charge in [0.25, 0.3) is 0 Å². The monoisotopic (exact) mass is 394 g/mol. The van der Waals surface area contributed by atoms with Crippen LogP contribution in [-0.2, 0) is 14.8 Å². The van der Waals surface area contributed by atoms with Crippen LogP contribution < -0.4 is 10.1 Å². The van der Waals surface area contributed by atoms with Crippen molar-refractivity contribution in [2.45, 2.75) is 16.7 Å². The number of anilines is 1. The van der Waals surface area contributed by atoms with Crippen LogP contribution in [0.3, 0.4) is 0 Å². The van der Waals surface area contributed by atoms with Gasteiger partial charge in [0.2, 0.25) is 15.9 Å². The van der Waals surface area contributed by atoms with Crippen molar-refractivity contribution in [2.75, 3.05) is 31.8 Å². The molecule has 8 heteroatoms. The summed E-state index contributed by atoms with van der Waals surface area (Å²) in [5.41, 5.74) is 0.669. The van der Waals surface area contributed by atoms with Crippen LogP contribution in [0.4, 0.5) is 5.69 Å². The molecule has 0 aromatic heterocycles.